The van der Waals surface area contributed by atoms with Crippen LogP contribution in [0.3, 0.4) is 0 Å². The van der Waals surface area contributed by atoms with Crippen LogP contribution in [-0.2, 0) is 39.2 Å². The fourth-order valence-electron chi connectivity index (χ4n) is 0.269. The summed E-state index contributed by atoms with van der Waals surface area (Å²) >= 11 is 0.500. The number of esters is 1. The summed E-state index contributed by atoms with van der Waals surface area (Å²) in [5, 5.41) is 0. The van der Waals surface area contributed by atoms with Gasteiger partial charge in [-0.25, -0.2) is 0 Å². The molecule has 0 saturated carbocycles. The zero-order chi connectivity index (χ0) is 8.41. The molecule has 5 heteroatoms. The summed E-state index contributed by atoms with van der Waals surface area (Å²) in [6.07, 6.45) is 0. The van der Waals surface area contributed by atoms with E-state index in [2.05, 4.69) is 9.47 Å². The minimum atomic E-state index is -0.262. The second-order valence-electron chi connectivity index (χ2n) is 1.33. The molecule has 0 aliphatic rings. The Kier molecular flexibility index (Phi) is 16.4. The molecule has 0 spiro atoms. The van der Waals surface area contributed by atoms with Crippen LogP contribution >= 0.6 is 8.25 Å². The molecule has 0 saturated heterocycles. The van der Waals surface area contributed by atoms with Crippen molar-refractivity contribution < 1.29 is 39.2 Å². The predicted octanol–water partition coefficient (Wildman–Crippen LogP) is 0.883. The molecule has 0 atom stereocenters. The molecule has 0 amide bonds. The van der Waals surface area contributed by atoms with Crippen LogP contribution in [0.5, 0.6) is 0 Å². The van der Waals surface area contributed by atoms with Crippen molar-refractivity contribution in [3.8, 4) is 0 Å². The van der Waals surface area contributed by atoms with Gasteiger partial charge in [-0.05, 0) is 0 Å². The molecule has 0 N–H and O–H groups in total. The van der Waals surface area contributed by atoms with Gasteiger partial charge in [0.1, 0.15) is 6.61 Å². The van der Waals surface area contributed by atoms with Gasteiger partial charge in [0.25, 0.3) is 0 Å². The van der Waals surface area contributed by atoms with Crippen molar-refractivity contribution in [2.24, 2.45) is 0 Å². The van der Waals surface area contributed by atoms with E-state index in [1.165, 1.54) is 6.92 Å². The molecule has 10 heavy (non-hydrogen) atoms. The van der Waals surface area contributed by atoms with Gasteiger partial charge >= 0.3 is 39.1 Å². The Morgan fingerprint density at radius 2 is 2.00 bits per heavy atom. The minimum absolute atomic E-state index is 0.262. The summed E-state index contributed by atoms with van der Waals surface area (Å²) < 4.78 is 9.13. The SMILES string of the molecule is COCCOC(C)=O.[Cl][Hg]. The van der Waals surface area contributed by atoms with Crippen molar-refractivity contribution in [2.75, 3.05) is 20.3 Å². The third-order valence-corrected chi connectivity index (χ3v) is 0.593. The van der Waals surface area contributed by atoms with Crippen LogP contribution in [0.2, 0.25) is 0 Å². The van der Waals surface area contributed by atoms with Crippen molar-refractivity contribution in [2.45, 2.75) is 6.92 Å². The number of hydrogen-bond acceptors (Lipinski definition) is 3. The zero-order valence-corrected chi connectivity index (χ0v) is 12.5. The van der Waals surface area contributed by atoms with Crippen molar-refractivity contribution in [1.82, 2.24) is 0 Å². The Balaban J connectivity index is 0. The van der Waals surface area contributed by atoms with Crippen LogP contribution in [0.1, 0.15) is 6.92 Å². The quantitative estimate of drug-likeness (QED) is 0.429. The molecule has 0 radical (unpaired) electrons. The van der Waals surface area contributed by atoms with Crippen molar-refractivity contribution in [3.63, 3.8) is 0 Å². The molecule has 3 nitrogen and oxygen atoms in total. The molecular formula is C5H10ClHgO3. The number of halogens is 1. The fraction of sp³-hybridized carbons (Fsp3) is 0.800. The fourth-order valence-corrected chi connectivity index (χ4v) is 0.269. The molecule has 0 rings (SSSR count). The third-order valence-electron chi connectivity index (χ3n) is 0.593. The summed E-state index contributed by atoms with van der Waals surface area (Å²) in [5.74, 6) is -0.262. The Hall–Kier alpha value is 0.655. The third kappa shape index (κ3) is 15.9. The van der Waals surface area contributed by atoms with Gasteiger partial charge in [-0.3, -0.25) is 4.79 Å². The number of ether oxygens (including phenoxy) is 2. The number of rotatable bonds is 3. The molecule has 0 aromatic rings. The molecule has 0 bridgehead atoms. The first kappa shape index (κ1) is 13.3. The summed E-state index contributed by atoms with van der Waals surface area (Å²) in [6, 6.07) is 0. The normalized spacial score (nSPS) is 7.70. The standard InChI is InChI=1S/C5H10O3.ClH.Hg/c1-5(6)8-4-3-7-2;;/h3-4H2,1-2H3;1H;/q;;+1/p-1. The molecule has 0 aromatic carbocycles. The maximum atomic E-state index is 10.0. The van der Waals surface area contributed by atoms with Crippen LogP contribution in [0.25, 0.3) is 0 Å². The Morgan fingerprint density at radius 1 is 1.50 bits per heavy atom. The first-order valence-electron chi connectivity index (χ1n) is 2.66. The first-order chi connectivity index (χ1) is 4.77. The molecule has 0 heterocycles. The molecule has 0 aromatic heterocycles. The molecule has 0 aliphatic heterocycles. The van der Waals surface area contributed by atoms with E-state index in [1.807, 2.05) is 0 Å². The Bertz CT molecular complexity index is 79.3. The summed E-state index contributed by atoms with van der Waals surface area (Å²) in [5.41, 5.74) is 0. The van der Waals surface area contributed by atoms with Crippen LogP contribution in [0.4, 0.5) is 0 Å². The predicted molar refractivity (Wildman–Crippen MR) is 34.4 cm³/mol. The van der Waals surface area contributed by atoms with Crippen LogP contribution in [0, 0.1) is 0 Å². The van der Waals surface area contributed by atoms with Crippen molar-refractivity contribution in [3.05, 3.63) is 0 Å². The van der Waals surface area contributed by atoms with Gasteiger partial charge in [0.15, 0.2) is 0 Å². The van der Waals surface area contributed by atoms with Gasteiger partial charge in [0.2, 0.25) is 0 Å². The summed E-state index contributed by atoms with van der Waals surface area (Å²) in [6.45, 7) is 2.20. The monoisotopic (exact) mass is 355 g/mol. The van der Waals surface area contributed by atoms with E-state index in [0.717, 1.165) is 0 Å². The van der Waals surface area contributed by atoms with Crippen LogP contribution in [-0.4, -0.2) is 26.3 Å². The maximum absolute atomic E-state index is 10.0. The summed E-state index contributed by atoms with van der Waals surface area (Å²) in [4.78, 5) is 10.0. The van der Waals surface area contributed by atoms with Gasteiger partial charge in [-0.15, -0.1) is 0 Å². The van der Waals surface area contributed by atoms with Crippen LogP contribution < -0.4 is 0 Å². The van der Waals surface area contributed by atoms with E-state index >= 15 is 0 Å². The van der Waals surface area contributed by atoms with E-state index in [0.29, 0.717) is 38.1 Å². The molecule has 0 aliphatic carbocycles. The molecule has 57 valence electrons. The van der Waals surface area contributed by atoms with Crippen LogP contribution in [0.15, 0.2) is 0 Å². The average Bonchev–Trinajstić information content (AvgIpc) is 1.92. The molecular weight excluding hydrogens is 344 g/mol. The van der Waals surface area contributed by atoms with E-state index in [4.69, 9.17) is 8.25 Å². The van der Waals surface area contributed by atoms with E-state index in [9.17, 15) is 4.79 Å². The Morgan fingerprint density at radius 3 is 2.30 bits per heavy atom. The second kappa shape index (κ2) is 12.3. The average molecular weight is 354 g/mol. The Labute approximate surface area is 80.4 Å². The number of carbonyl (C=O) groups excluding carboxylic acids is 1. The van der Waals surface area contributed by atoms with Gasteiger partial charge in [0, 0.05) is 14.0 Å². The van der Waals surface area contributed by atoms with Gasteiger partial charge < -0.3 is 9.47 Å². The molecule has 0 unspecified atom stereocenters. The topological polar surface area (TPSA) is 35.5 Å². The zero-order valence-electron chi connectivity index (χ0n) is 6.22. The first-order valence-corrected chi connectivity index (χ1v) is 9.43. The van der Waals surface area contributed by atoms with Crippen molar-refractivity contribution in [1.29, 1.82) is 0 Å². The van der Waals surface area contributed by atoms with Gasteiger partial charge in [-0.2, -0.15) is 0 Å². The molecule has 0 fully saturated rings. The van der Waals surface area contributed by atoms with Gasteiger partial charge in [0.05, 0.1) is 6.61 Å². The number of carbonyl (C=O) groups is 1. The van der Waals surface area contributed by atoms with E-state index in [-0.39, 0.29) is 5.97 Å². The second-order valence-corrected chi connectivity index (χ2v) is 1.33. The van der Waals surface area contributed by atoms with E-state index < -0.39 is 0 Å². The number of hydrogen-bond donors (Lipinski definition) is 0. The summed E-state index contributed by atoms with van der Waals surface area (Å²) in [7, 11) is 6.39. The van der Waals surface area contributed by atoms with E-state index in [1.54, 1.807) is 7.11 Å². The number of methoxy groups -OCH3 is 1. The van der Waals surface area contributed by atoms with Gasteiger partial charge in [-0.1, -0.05) is 0 Å². The van der Waals surface area contributed by atoms with Crippen molar-refractivity contribution >= 4 is 14.2 Å².